The van der Waals surface area contributed by atoms with Crippen molar-refractivity contribution in [1.29, 1.82) is 0 Å². The van der Waals surface area contributed by atoms with E-state index in [2.05, 4.69) is 0 Å². The van der Waals surface area contributed by atoms with Gasteiger partial charge in [-0.1, -0.05) is 38.1 Å². The Balaban J connectivity index is 3.20. The van der Waals surface area contributed by atoms with Crippen LogP contribution in [0.15, 0.2) is 29.8 Å². The molecule has 4 nitrogen and oxygen atoms in total. The quantitative estimate of drug-likeness (QED) is 0.615. The fourth-order valence-corrected chi connectivity index (χ4v) is 1.90. The number of rotatable bonds is 5. The first-order valence-electron chi connectivity index (χ1n) is 6.92. The lowest BCUT2D eigenvalue weighted by Crippen LogP contribution is -2.27. The molecule has 0 spiro atoms. The van der Waals surface area contributed by atoms with Gasteiger partial charge in [0.15, 0.2) is 0 Å². The van der Waals surface area contributed by atoms with E-state index >= 15 is 0 Å². The van der Waals surface area contributed by atoms with Crippen molar-refractivity contribution >= 4 is 18.0 Å². The molecule has 0 aromatic heterocycles. The number of ether oxygens (including phenoxy) is 2. The highest BCUT2D eigenvalue weighted by Crippen LogP contribution is 2.23. The fourth-order valence-electron chi connectivity index (χ4n) is 1.90. The summed E-state index contributed by atoms with van der Waals surface area (Å²) in [5.41, 5.74) is 2.85. The van der Waals surface area contributed by atoms with Crippen molar-refractivity contribution < 1.29 is 19.1 Å². The van der Waals surface area contributed by atoms with Crippen molar-refractivity contribution in [3.8, 4) is 0 Å². The van der Waals surface area contributed by atoms with Crippen molar-refractivity contribution in [2.75, 3.05) is 0 Å². The van der Waals surface area contributed by atoms with Crippen LogP contribution in [-0.4, -0.2) is 18.2 Å². The zero-order chi connectivity index (χ0) is 16.0. The SMILES string of the molecule is CC(=O)OC(OC(C)=O)C(=Cc1ccccc1C)C(C)C. The van der Waals surface area contributed by atoms with Crippen LogP contribution < -0.4 is 0 Å². The Kier molecular flexibility index (Phi) is 6.15. The molecule has 0 heterocycles. The third kappa shape index (κ3) is 5.42. The van der Waals surface area contributed by atoms with Crippen LogP contribution >= 0.6 is 0 Å². The third-order valence-corrected chi connectivity index (χ3v) is 3.00. The Hall–Kier alpha value is -2.10. The summed E-state index contributed by atoms with van der Waals surface area (Å²) in [5, 5.41) is 0. The molecule has 0 N–H and O–H groups in total. The minimum atomic E-state index is -0.986. The van der Waals surface area contributed by atoms with Crippen LogP contribution in [0.2, 0.25) is 0 Å². The van der Waals surface area contributed by atoms with Crippen molar-refractivity contribution in [3.05, 3.63) is 41.0 Å². The monoisotopic (exact) mass is 290 g/mol. The van der Waals surface area contributed by atoms with Crippen LogP contribution in [0.25, 0.3) is 6.08 Å². The highest BCUT2D eigenvalue weighted by atomic mass is 16.7. The van der Waals surface area contributed by atoms with Gasteiger partial charge >= 0.3 is 11.9 Å². The molecule has 0 saturated carbocycles. The molecule has 1 rings (SSSR count). The molecule has 1 aromatic carbocycles. The van der Waals surface area contributed by atoms with Crippen molar-refractivity contribution in [2.24, 2.45) is 5.92 Å². The highest BCUT2D eigenvalue weighted by Gasteiger charge is 2.23. The highest BCUT2D eigenvalue weighted by molar-refractivity contribution is 5.69. The van der Waals surface area contributed by atoms with E-state index in [0.29, 0.717) is 0 Å². The number of hydrogen-bond acceptors (Lipinski definition) is 4. The molecule has 0 aliphatic rings. The number of esters is 2. The first-order valence-corrected chi connectivity index (χ1v) is 6.92. The standard InChI is InChI=1S/C17H22O4/c1-11(2)16(10-15-9-7-6-8-12(15)3)17(20-13(4)18)21-14(5)19/h6-11,17H,1-5H3. The molecule has 21 heavy (non-hydrogen) atoms. The molecule has 0 radical (unpaired) electrons. The van der Waals surface area contributed by atoms with Crippen LogP contribution in [0.3, 0.4) is 0 Å². The first kappa shape index (κ1) is 17.0. The molecular weight excluding hydrogens is 268 g/mol. The Morgan fingerprint density at radius 3 is 2.00 bits per heavy atom. The molecule has 0 fully saturated rings. The molecule has 0 aliphatic carbocycles. The normalized spacial score (nSPS) is 11.7. The molecule has 0 aliphatic heterocycles. The topological polar surface area (TPSA) is 52.6 Å². The second kappa shape index (κ2) is 7.62. The van der Waals surface area contributed by atoms with Crippen molar-refractivity contribution in [1.82, 2.24) is 0 Å². The van der Waals surface area contributed by atoms with E-state index in [1.807, 2.05) is 51.1 Å². The van der Waals surface area contributed by atoms with Gasteiger partial charge in [0.2, 0.25) is 0 Å². The van der Waals surface area contributed by atoms with Crippen LogP contribution in [0.4, 0.5) is 0 Å². The van der Waals surface area contributed by atoms with Gasteiger partial charge < -0.3 is 9.47 Å². The molecule has 0 atom stereocenters. The zero-order valence-electron chi connectivity index (χ0n) is 13.2. The smallest absolute Gasteiger partial charge is 0.305 e. The van der Waals surface area contributed by atoms with E-state index in [4.69, 9.17) is 9.47 Å². The maximum Gasteiger partial charge on any atom is 0.305 e. The van der Waals surface area contributed by atoms with Crippen LogP contribution in [-0.2, 0) is 19.1 Å². The lowest BCUT2D eigenvalue weighted by molar-refractivity contribution is -0.178. The maximum absolute atomic E-state index is 11.2. The summed E-state index contributed by atoms with van der Waals surface area (Å²) in [6.07, 6.45) is 0.927. The average Bonchev–Trinajstić information content (AvgIpc) is 2.35. The second-order valence-corrected chi connectivity index (χ2v) is 5.21. The van der Waals surface area contributed by atoms with Crippen molar-refractivity contribution in [3.63, 3.8) is 0 Å². The maximum atomic E-state index is 11.2. The fraction of sp³-hybridized carbons (Fsp3) is 0.412. The third-order valence-electron chi connectivity index (χ3n) is 3.00. The summed E-state index contributed by atoms with van der Waals surface area (Å²) in [7, 11) is 0. The van der Waals surface area contributed by atoms with Crippen molar-refractivity contribution in [2.45, 2.75) is 40.9 Å². The van der Waals surface area contributed by atoms with Gasteiger partial charge in [-0.15, -0.1) is 0 Å². The van der Waals surface area contributed by atoms with Gasteiger partial charge in [0.05, 0.1) is 0 Å². The Morgan fingerprint density at radius 2 is 1.57 bits per heavy atom. The molecule has 1 aromatic rings. The summed E-state index contributed by atoms with van der Waals surface area (Å²) >= 11 is 0. The number of hydrogen-bond donors (Lipinski definition) is 0. The summed E-state index contributed by atoms with van der Waals surface area (Å²) in [4.78, 5) is 22.5. The Morgan fingerprint density at radius 1 is 1.05 bits per heavy atom. The van der Waals surface area contributed by atoms with Gasteiger partial charge in [0.25, 0.3) is 6.29 Å². The summed E-state index contributed by atoms with van der Waals surface area (Å²) in [5.74, 6) is -0.913. The van der Waals surface area contributed by atoms with Gasteiger partial charge in [-0.25, -0.2) is 0 Å². The first-order chi connectivity index (χ1) is 9.81. The number of aryl methyl sites for hydroxylation is 1. The molecule has 0 saturated heterocycles. The predicted molar refractivity (Wildman–Crippen MR) is 81.3 cm³/mol. The van der Waals surface area contributed by atoms with E-state index in [9.17, 15) is 9.59 Å². The van der Waals surface area contributed by atoms with Crippen LogP contribution in [0.5, 0.6) is 0 Å². The predicted octanol–water partition coefficient (Wildman–Crippen LogP) is 3.49. The average molecular weight is 290 g/mol. The second-order valence-electron chi connectivity index (χ2n) is 5.21. The molecule has 0 unspecified atom stereocenters. The summed E-state index contributed by atoms with van der Waals surface area (Å²) < 4.78 is 10.3. The molecule has 0 bridgehead atoms. The van der Waals surface area contributed by atoms with E-state index in [1.165, 1.54) is 13.8 Å². The van der Waals surface area contributed by atoms with E-state index in [1.54, 1.807) is 0 Å². The van der Waals surface area contributed by atoms with Crippen LogP contribution in [0.1, 0.15) is 38.8 Å². The number of carbonyl (C=O) groups is 2. The van der Waals surface area contributed by atoms with Gasteiger partial charge in [-0.3, -0.25) is 9.59 Å². The minimum Gasteiger partial charge on any atom is -0.421 e. The van der Waals surface area contributed by atoms with Crippen LogP contribution in [0, 0.1) is 12.8 Å². The Labute approximate surface area is 125 Å². The molecular formula is C17H22O4. The Bertz CT molecular complexity index is 527. The lowest BCUT2D eigenvalue weighted by Gasteiger charge is -2.22. The summed E-state index contributed by atoms with van der Waals surface area (Å²) in [6, 6.07) is 7.85. The van der Waals surface area contributed by atoms with Gasteiger partial charge in [-0.05, 0) is 30.0 Å². The van der Waals surface area contributed by atoms with E-state index in [0.717, 1.165) is 16.7 Å². The van der Waals surface area contributed by atoms with Gasteiger partial charge in [0, 0.05) is 19.4 Å². The van der Waals surface area contributed by atoms with E-state index < -0.39 is 18.2 Å². The molecule has 114 valence electrons. The number of carbonyl (C=O) groups excluding carboxylic acids is 2. The van der Waals surface area contributed by atoms with E-state index in [-0.39, 0.29) is 5.92 Å². The minimum absolute atomic E-state index is 0.0632. The molecule has 0 amide bonds. The van der Waals surface area contributed by atoms with Gasteiger partial charge in [-0.2, -0.15) is 0 Å². The molecule has 4 heteroatoms. The lowest BCUT2D eigenvalue weighted by atomic mass is 9.97. The zero-order valence-corrected chi connectivity index (χ0v) is 13.2. The summed E-state index contributed by atoms with van der Waals surface area (Å²) in [6.45, 7) is 8.51. The van der Waals surface area contributed by atoms with Gasteiger partial charge in [0.1, 0.15) is 0 Å². The number of benzene rings is 1. The largest absolute Gasteiger partial charge is 0.421 e.